The maximum atomic E-state index is 11.6. The van der Waals surface area contributed by atoms with E-state index < -0.39 is 0 Å². The zero-order valence-electron chi connectivity index (χ0n) is 14.0. The van der Waals surface area contributed by atoms with E-state index >= 15 is 0 Å². The van der Waals surface area contributed by atoms with Crippen LogP contribution in [0, 0.1) is 11.8 Å². The summed E-state index contributed by atoms with van der Waals surface area (Å²) in [6.45, 7) is 7.01. The smallest absolute Gasteiger partial charge is 0.306 e. The molecule has 2 aliphatic rings. The van der Waals surface area contributed by atoms with Crippen molar-refractivity contribution in [2.45, 2.75) is 45.1 Å². The first-order chi connectivity index (χ1) is 10.2. The van der Waals surface area contributed by atoms with Crippen LogP contribution in [-0.2, 0) is 9.53 Å². The summed E-state index contributed by atoms with van der Waals surface area (Å²) in [5, 5.41) is 13.8. The summed E-state index contributed by atoms with van der Waals surface area (Å²) in [6.07, 6.45) is 4.75. The molecule has 7 heteroatoms. The van der Waals surface area contributed by atoms with Crippen molar-refractivity contribution in [1.29, 1.82) is 0 Å². The Hall–Kier alpha value is -0.0700. The fourth-order valence-corrected chi connectivity index (χ4v) is 3.56. The largest absolute Gasteiger partial charge is 0.466 e. The third-order valence-corrected chi connectivity index (χ3v) is 4.69. The second kappa shape index (κ2) is 12.3. The van der Waals surface area contributed by atoms with Crippen molar-refractivity contribution in [1.82, 2.24) is 10.2 Å². The highest BCUT2D eigenvalue weighted by molar-refractivity contribution is 5.85. The summed E-state index contributed by atoms with van der Waals surface area (Å²) in [5.41, 5.74) is 0. The van der Waals surface area contributed by atoms with Gasteiger partial charge in [-0.05, 0) is 57.5 Å². The molecule has 5 nitrogen and oxygen atoms in total. The molecule has 3 unspecified atom stereocenters. The van der Waals surface area contributed by atoms with Gasteiger partial charge in [0.2, 0.25) is 0 Å². The summed E-state index contributed by atoms with van der Waals surface area (Å²) in [5.74, 6) is 0.681. The van der Waals surface area contributed by atoms with Gasteiger partial charge in [0.15, 0.2) is 0 Å². The molecule has 0 aromatic rings. The zero-order chi connectivity index (χ0) is 15.1. The lowest BCUT2D eigenvalue weighted by molar-refractivity contribution is -0.144. The number of β-amino-alcohol motifs (C(OH)–C–C–N with tert-alkyl or cyclic N) is 1. The number of likely N-dealkylation sites (tertiary alicyclic amines) is 1. The van der Waals surface area contributed by atoms with Gasteiger partial charge in [-0.25, -0.2) is 0 Å². The maximum absolute atomic E-state index is 11.6. The number of nitrogens with zero attached hydrogens (tertiary/aromatic N) is 1. The second-order valence-electron chi connectivity index (χ2n) is 6.45. The Labute approximate surface area is 152 Å². The van der Waals surface area contributed by atoms with Crippen LogP contribution >= 0.6 is 24.8 Å². The molecule has 0 spiro atoms. The van der Waals surface area contributed by atoms with Crippen LogP contribution in [0.5, 0.6) is 0 Å². The molecule has 0 saturated carbocycles. The highest BCUT2D eigenvalue weighted by Crippen LogP contribution is 2.22. The minimum Gasteiger partial charge on any atom is -0.466 e. The fraction of sp³-hybridized carbons (Fsp3) is 0.938. The van der Waals surface area contributed by atoms with Crippen molar-refractivity contribution >= 4 is 30.8 Å². The van der Waals surface area contributed by atoms with Crippen LogP contribution in [-0.4, -0.2) is 61.4 Å². The van der Waals surface area contributed by atoms with Crippen molar-refractivity contribution in [3.8, 4) is 0 Å². The molecule has 2 rings (SSSR count). The molecule has 138 valence electrons. The Balaban J connectivity index is 0.00000242. The summed E-state index contributed by atoms with van der Waals surface area (Å²) in [6, 6.07) is 0. The lowest BCUT2D eigenvalue weighted by Crippen LogP contribution is -2.46. The van der Waals surface area contributed by atoms with Gasteiger partial charge >= 0.3 is 5.97 Å². The van der Waals surface area contributed by atoms with Crippen LogP contribution < -0.4 is 5.32 Å². The van der Waals surface area contributed by atoms with E-state index in [-0.39, 0.29) is 36.9 Å². The van der Waals surface area contributed by atoms with Gasteiger partial charge in [0.05, 0.1) is 12.7 Å². The second-order valence-corrected chi connectivity index (χ2v) is 6.45. The van der Waals surface area contributed by atoms with Crippen LogP contribution in [0.2, 0.25) is 0 Å². The first-order valence-electron chi connectivity index (χ1n) is 8.45. The van der Waals surface area contributed by atoms with Gasteiger partial charge in [0, 0.05) is 26.1 Å². The molecule has 0 amide bonds. The first kappa shape index (κ1) is 22.9. The topological polar surface area (TPSA) is 61.8 Å². The number of rotatable bonds is 6. The number of hydrogen-bond acceptors (Lipinski definition) is 5. The minimum absolute atomic E-state index is 0. The molecule has 23 heavy (non-hydrogen) atoms. The van der Waals surface area contributed by atoms with E-state index in [9.17, 15) is 9.90 Å². The average Bonchev–Trinajstić information content (AvgIpc) is 2.48. The number of carbonyl (C=O) groups excluding carboxylic acids is 1. The highest BCUT2D eigenvalue weighted by atomic mass is 35.5. The molecule has 3 atom stereocenters. The molecule has 0 aromatic heterocycles. The molecule has 2 fully saturated rings. The molecule has 0 bridgehead atoms. The lowest BCUT2D eigenvalue weighted by atomic mass is 9.91. The molecular formula is C16H32Cl2N2O3. The first-order valence-corrected chi connectivity index (χ1v) is 8.45. The van der Waals surface area contributed by atoms with Gasteiger partial charge in [0.25, 0.3) is 0 Å². The quantitative estimate of drug-likeness (QED) is 0.698. The van der Waals surface area contributed by atoms with Crippen LogP contribution in [0.4, 0.5) is 0 Å². The number of carbonyl (C=O) groups is 1. The summed E-state index contributed by atoms with van der Waals surface area (Å²) >= 11 is 0. The minimum atomic E-state index is -0.251. The fourth-order valence-electron chi connectivity index (χ4n) is 3.56. The van der Waals surface area contributed by atoms with Crippen molar-refractivity contribution in [2.75, 3.05) is 39.3 Å². The predicted octanol–water partition coefficient (Wildman–Crippen LogP) is 1.86. The van der Waals surface area contributed by atoms with Crippen molar-refractivity contribution in [3.05, 3.63) is 0 Å². The van der Waals surface area contributed by atoms with Gasteiger partial charge < -0.3 is 20.1 Å². The third kappa shape index (κ3) is 8.03. The van der Waals surface area contributed by atoms with E-state index in [4.69, 9.17) is 4.74 Å². The van der Waals surface area contributed by atoms with Crippen LogP contribution in [0.1, 0.15) is 39.0 Å². The van der Waals surface area contributed by atoms with E-state index in [0.717, 1.165) is 58.4 Å². The highest BCUT2D eigenvalue weighted by Gasteiger charge is 2.27. The predicted molar refractivity (Wildman–Crippen MR) is 96.5 cm³/mol. The summed E-state index contributed by atoms with van der Waals surface area (Å²) in [7, 11) is 0. The Morgan fingerprint density at radius 3 is 2.78 bits per heavy atom. The van der Waals surface area contributed by atoms with Crippen LogP contribution in [0.15, 0.2) is 0 Å². The Morgan fingerprint density at radius 1 is 1.35 bits per heavy atom. The van der Waals surface area contributed by atoms with Gasteiger partial charge in [0.1, 0.15) is 0 Å². The number of hydrogen-bond donors (Lipinski definition) is 2. The number of halogens is 2. The monoisotopic (exact) mass is 370 g/mol. The van der Waals surface area contributed by atoms with Gasteiger partial charge in [-0.1, -0.05) is 0 Å². The average molecular weight is 371 g/mol. The van der Waals surface area contributed by atoms with E-state index in [1.807, 2.05) is 6.92 Å². The van der Waals surface area contributed by atoms with E-state index in [0.29, 0.717) is 24.9 Å². The lowest BCUT2D eigenvalue weighted by Gasteiger charge is -2.36. The number of aliphatic hydroxyl groups is 1. The van der Waals surface area contributed by atoms with Crippen LogP contribution in [0.25, 0.3) is 0 Å². The van der Waals surface area contributed by atoms with Crippen molar-refractivity contribution in [3.63, 3.8) is 0 Å². The number of nitrogens with one attached hydrogen (secondary N) is 1. The van der Waals surface area contributed by atoms with E-state index in [1.165, 1.54) is 0 Å². The number of piperidine rings is 2. The third-order valence-electron chi connectivity index (χ3n) is 4.69. The maximum Gasteiger partial charge on any atom is 0.306 e. The van der Waals surface area contributed by atoms with Crippen molar-refractivity contribution in [2.24, 2.45) is 11.8 Å². The molecule has 2 N–H and O–H groups in total. The Morgan fingerprint density at radius 2 is 2.13 bits per heavy atom. The summed E-state index contributed by atoms with van der Waals surface area (Å²) < 4.78 is 5.04. The molecule has 2 aliphatic heterocycles. The van der Waals surface area contributed by atoms with E-state index in [1.54, 1.807) is 0 Å². The number of aliphatic hydroxyl groups excluding tert-OH is 1. The summed E-state index contributed by atoms with van der Waals surface area (Å²) in [4.78, 5) is 13.9. The molecule has 2 heterocycles. The molecule has 0 radical (unpaired) electrons. The SMILES string of the molecule is CCOC(=O)CC1CCCN(CC(O)C2CCCNC2)C1.Cl.Cl. The number of ether oxygens (including phenoxy) is 1. The standard InChI is InChI=1S/C16H30N2O3.2ClH/c1-2-21-16(20)9-13-5-4-8-18(11-13)12-15(19)14-6-3-7-17-10-14;;/h13-15,17,19H,2-12H2,1H3;2*1H. The Kier molecular flexibility index (Phi) is 12.3. The Bertz CT molecular complexity index is 328. The number of esters is 1. The van der Waals surface area contributed by atoms with Gasteiger partial charge in [-0.15, -0.1) is 24.8 Å². The zero-order valence-corrected chi connectivity index (χ0v) is 15.7. The van der Waals surface area contributed by atoms with Crippen LogP contribution in [0.3, 0.4) is 0 Å². The van der Waals surface area contributed by atoms with Gasteiger partial charge in [-0.2, -0.15) is 0 Å². The molecular weight excluding hydrogens is 339 g/mol. The molecule has 2 saturated heterocycles. The normalized spacial score (nSPS) is 26.5. The molecule has 0 aromatic carbocycles. The molecule has 0 aliphatic carbocycles. The van der Waals surface area contributed by atoms with E-state index in [2.05, 4.69) is 10.2 Å². The van der Waals surface area contributed by atoms with Gasteiger partial charge in [-0.3, -0.25) is 4.79 Å². The van der Waals surface area contributed by atoms with Crippen molar-refractivity contribution < 1.29 is 14.6 Å².